The van der Waals surface area contributed by atoms with Crippen LogP contribution < -0.4 is 5.56 Å². The molecule has 0 bridgehead atoms. The Labute approximate surface area is 168 Å². The highest BCUT2D eigenvalue weighted by molar-refractivity contribution is 7.17. The van der Waals surface area contributed by atoms with E-state index in [-0.39, 0.29) is 11.5 Å². The van der Waals surface area contributed by atoms with Gasteiger partial charge in [-0.1, -0.05) is 13.8 Å². The lowest BCUT2D eigenvalue weighted by molar-refractivity contribution is -0.133. The smallest absolute Gasteiger partial charge is 0.272 e. The molecular formula is C20H27N5O2S. The number of amides is 1. The van der Waals surface area contributed by atoms with Crippen molar-refractivity contribution in [2.24, 2.45) is 5.92 Å². The van der Waals surface area contributed by atoms with Crippen LogP contribution in [0.15, 0.2) is 16.2 Å². The number of aryl methyl sites for hydroxylation is 2. The highest BCUT2D eigenvalue weighted by atomic mass is 32.1. The summed E-state index contributed by atoms with van der Waals surface area (Å²) in [6.07, 6.45) is 5.12. The molecule has 0 saturated carbocycles. The number of thiophene rings is 1. The lowest BCUT2D eigenvalue weighted by atomic mass is 10.00. The number of likely N-dealkylation sites (tertiary alicyclic amines) is 1. The second kappa shape index (κ2) is 8.03. The van der Waals surface area contributed by atoms with Crippen molar-refractivity contribution in [2.45, 2.75) is 58.9 Å². The maximum Gasteiger partial charge on any atom is 0.272 e. The molecule has 1 aliphatic rings. The molecule has 0 aromatic carbocycles. The van der Waals surface area contributed by atoms with Gasteiger partial charge in [0.15, 0.2) is 0 Å². The van der Waals surface area contributed by atoms with Gasteiger partial charge in [0.1, 0.15) is 10.5 Å². The molecular weight excluding hydrogens is 374 g/mol. The van der Waals surface area contributed by atoms with Crippen LogP contribution in [-0.4, -0.2) is 43.1 Å². The Bertz CT molecular complexity index is 1050. The molecule has 0 spiro atoms. The molecule has 0 radical (unpaired) electrons. The van der Waals surface area contributed by atoms with Gasteiger partial charge in [0, 0.05) is 32.5 Å². The molecule has 150 valence electrons. The Morgan fingerprint density at radius 2 is 2.21 bits per heavy atom. The molecule has 1 atom stereocenters. The molecule has 1 aliphatic heterocycles. The molecule has 7 nitrogen and oxygen atoms in total. The molecule has 4 rings (SSSR count). The first-order valence-corrected chi connectivity index (χ1v) is 11.1. The number of hydrogen-bond donors (Lipinski definition) is 0. The van der Waals surface area contributed by atoms with Crippen LogP contribution in [0.25, 0.3) is 16.0 Å². The molecule has 0 unspecified atom stereocenters. The number of hydrogen-bond acceptors (Lipinski definition) is 5. The molecule has 0 aliphatic carbocycles. The molecule has 28 heavy (non-hydrogen) atoms. The Kier molecular flexibility index (Phi) is 5.48. The highest BCUT2D eigenvalue weighted by Gasteiger charge is 2.21. The van der Waals surface area contributed by atoms with Crippen molar-refractivity contribution in [1.82, 2.24) is 24.1 Å². The van der Waals surface area contributed by atoms with Crippen molar-refractivity contribution >= 4 is 33.2 Å². The van der Waals surface area contributed by atoms with Gasteiger partial charge in [0.05, 0.1) is 5.52 Å². The molecule has 1 amide bonds. The van der Waals surface area contributed by atoms with E-state index in [0.29, 0.717) is 31.1 Å². The third-order valence-electron chi connectivity index (χ3n) is 5.53. The van der Waals surface area contributed by atoms with Crippen LogP contribution in [0, 0.1) is 5.92 Å². The Hall–Kier alpha value is -2.22. The SMILES string of the molecule is CCCn1c(=O)c2sccc2n2c(CCCC(=O)N3CCC[C@H](C)C3)nnc12. The van der Waals surface area contributed by atoms with Gasteiger partial charge >= 0.3 is 0 Å². The standard InChI is InChI=1S/C20H27N5O2S/c1-3-10-24-19(27)18-15(9-12-28-18)25-16(21-22-20(24)25)7-4-8-17(26)23-11-5-6-14(2)13-23/h9,12,14H,3-8,10-11,13H2,1-2H3/t14-/m0/s1. The first kappa shape index (κ1) is 19.1. The fourth-order valence-electron chi connectivity index (χ4n) is 4.14. The van der Waals surface area contributed by atoms with E-state index in [9.17, 15) is 9.59 Å². The van der Waals surface area contributed by atoms with Crippen LogP contribution in [0.2, 0.25) is 0 Å². The third-order valence-corrected chi connectivity index (χ3v) is 6.42. The van der Waals surface area contributed by atoms with E-state index in [1.54, 1.807) is 4.57 Å². The lowest BCUT2D eigenvalue weighted by Crippen LogP contribution is -2.39. The van der Waals surface area contributed by atoms with Crippen molar-refractivity contribution < 1.29 is 4.79 Å². The summed E-state index contributed by atoms with van der Waals surface area (Å²) < 4.78 is 4.45. The van der Waals surface area contributed by atoms with Crippen molar-refractivity contribution in [3.63, 3.8) is 0 Å². The molecule has 0 N–H and O–H groups in total. The summed E-state index contributed by atoms with van der Waals surface area (Å²) in [7, 11) is 0. The van der Waals surface area contributed by atoms with E-state index in [4.69, 9.17) is 0 Å². The monoisotopic (exact) mass is 401 g/mol. The largest absolute Gasteiger partial charge is 0.342 e. The lowest BCUT2D eigenvalue weighted by Gasteiger charge is -2.31. The second-order valence-corrected chi connectivity index (χ2v) is 8.70. The van der Waals surface area contributed by atoms with Gasteiger partial charge in [-0.05, 0) is 43.0 Å². The molecule has 3 aromatic rings. The van der Waals surface area contributed by atoms with E-state index in [1.807, 2.05) is 27.7 Å². The molecule has 1 fully saturated rings. The second-order valence-electron chi connectivity index (χ2n) is 7.78. The van der Waals surface area contributed by atoms with E-state index in [2.05, 4.69) is 17.1 Å². The van der Waals surface area contributed by atoms with Crippen LogP contribution in [0.5, 0.6) is 0 Å². The average Bonchev–Trinajstić information content (AvgIpc) is 3.32. The van der Waals surface area contributed by atoms with Crippen molar-refractivity contribution in [3.8, 4) is 0 Å². The number of fused-ring (bicyclic) bond motifs is 3. The minimum absolute atomic E-state index is 0.00713. The minimum atomic E-state index is 0.00713. The summed E-state index contributed by atoms with van der Waals surface area (Å²) in [4.78, 5) is 27.3. The molecule has 3 aromatic heterocycles. The quantitative estimate of drug-likeness (QED) is 0.636. The summed E-state index contributed by atoms with van der Waals surface area (Å²) >= 11 is 1.46. The third kappa shape index (κ3) is 3.45. The van der Waals surface area contributed by atoms with Gasteiger partial charge < -0.3 is 4.90 Å². The van der Waals surface area contributed by atoms with Gasteiger partial charge in [0.25, 0.3) is 5.56 Å². The zero-order valence-corrected chi connectivity index (χ0v) is 17.4. The van der Waals surface area contributed by atoms with Gasteiger partial charge in [-0.3, -0.25) is 18.6 Å². The maximum atomic E-state index is 12.7. The molecule has 8 heteroatoms. The first-order valence-electron chi connectivity index (χ1n) is 10.2. The van der Waals surface area contributed by atoms with E-state index < -0.39 is 0 Å². The minimum Gasteiger partial charge on any atom is -0.342 e. The van der Waals surface area contributed by atoms with Gasteiger partial charge in [-0.15, -0.1) is 21.5 Å². The van der Waals surface area contributed by atoms with Gasteiger partial charge in [-0.25, -0.2) is 0 Å². The Morgan fingerprint density at radius 1 is 1.36 bits per heavy atom. The summed E-state index contributed by atoms with van der Waals surface area (Å²) in [6.45, 7) is 6.65. The Morgan fingerprint density at radius 3 is 3.00 bits per heavy atom. The topological polar surface area (TPSA) is 72.5 Å². The molecule has 4 heterocycles. The molecule has 1 saturated heterocycles. The normalized spacial score (nSPS) is 17.6. The highest BCUT2D eigenvalue weighted by Crippen LogP contribution is 2.21. The number of carbonyl (C=O) groups is 1. The predicted molar refractivity (Wildman–Crippen MR) is 111 cm³/mol. The van der Waals surface area contributed by atoms with Crippen LogP contribution >= 0.6 is 11.3 Å². The van der Waals surface area contributed by atoms with Crippen molar-refractivity contribution in [3.05, 3.63) is 27.6 Å². The summed E-state index contributed by atoms with van der Waals surface area (Å²) in [5.41, 5.74) is 0.876. The fourth-order valence-corrected chi connectivity index (χ4v) is 4.96. The maximum absolute atomic E-state index is 12.7. The number of piperidine rings is 1. The van der Waals surface area contributed by atoms with E-state index in [1.165, 1.54) is 17.8 Å². The van der Waals surface area contributed by atoms with Crippen molar-refractivity contribution in [2.75, 3.05) is 13.1 Å². The van der Waals surface area contributed by atoms with Crippen LogP contribution in [-0.2, 0) is 17.8 Å². The number of aromatic nitrogens is 4. The van der Waals surface area contributed by atoms with Crippen LogP contribution in [0.1, 0.15) is 51.8 Å². The first-order chi connectivity index (χ1) is 13.6. The van der Waals surface area contributed by atoms with E-state index in [0.717, 1.165) is 48.4 Å². The van der Waals surface area contributed by atoms with Crippen LogP contribution in [0.3, 0.4) is 0 Å². The van der Waals surface area contributed by atoms with Crippen molar-refractivity contribution in [1.29, 1.82) is 0 Å². The van der Waals surface area contributed by atoms with E-state index >= 15 is 0 Å². The number of carbonyl (C=O) groups excluding carboxylic acids is 1. The average molecular weight is 402 g/mol. The van der Waals surface area contributed by atoms with Gasteiger partial charge in [0.2, 0.25) is 11.7 Å². The number of nitrogens with zero attached hydrogens (tertiary/aromatic N) is 5. The zero-order valence-electron chi connectivity index (χ0n) is 16.6. The predicted octanol–water partition coefficient (Wildman–Crippen LogP) is 3.10. The summed E-state index contributed by atoms with van der Waals surface area (Å²) in [6, 6.07) is 1.96. The summed E-state index contributed by atoms with van der Waals surface area (Å²) in [5, 5.41) is 10.6. The Balaban J connectivity index is 1.55. The zero-order chi connectivity index (χ0) is 19.7. The number of rotatable bonds is 6. The van der Waals surface area contributed by atoms with Crippen LogP contribution in [0.4, 0.5) is 0 Å². The summed E-state index contributed by atoms with van der Waals surface area (Å²) in [5.74, 6) is 2.26. The fraction of sp³-hybridized carbons (Fsp3) is 0.600. The van der Waals surface area contributed by atoms with Gasteiger partial charge in [-0.2, -0.15) is 0 Å².